The number of anilines is 2. The molecule has 2 aliphatic rings. The Labute approximate surface area is 268 Å². The fourth-order valence-corrected chi connectivity index (χ4v) is 7.40. The molecule has 208 valence electrons. The molecule has 0 unspecified atom stereocenters. The number of nitrogens with one attached hydrogen (secondary N) is 2. The lowest BCUT2D eigenvalue weighted by atomic mass is 10.3. The molecule has 2 N–H and O–H groups in total. The number of carbonyl (C=O) groups is 4. The molecule has 4 amide bonds. The number of halogens is 4. The van der Waals surface area contributed by atoms with Crippen LogP contribution in [0.5, 0.6) is 0 Å². The number of benzene rings is 2. The molecule has 2 aromatic carbocycles. The fraction of sp³-hybridized carbons (Fsp3) is 0.167. The van der Waals surface area contributed by atoms with Gasteiger partial charge in [0.05, 0.1) is 9.81 Å². The van der Waals surface area contributed by atoms with Gasteiger partial charge in [-0.3, -0.25) is 29.0 Å². The number of carbonyl (C=O) groups excluding carboxylic acids is 4. The molecule has 2 heterocycles. The van der Waals surface area contributed by atoms with Gasteiger partial charge in [0.1, 0.15) is 8.64 Å². The summed E-state index contributed by atoms with van der Waals surface area (Å²) in [5.74, 6) is -1.75. The predicted molar refractivity (Wildman–Crippen MR) is 170 cm³/mol. The van der Waals surface area contributed by atoms with Crippen molar-refractivity contribution in [2.24, 2.45) is 0 Å². The van der Waals surface area contributed by atoms with Crippen molar-refractivity contribution in [1.82, 2.24) is 9.80 Å². The number of hydrogen-bond donors (Lipinski definition) is 2. The Balaban J connectivity index is 1.35. The zero-order valence-corrected chi connectivity index (χ0v) is 26.3. The van der Waals surface area contributed by atoms with Gasteiger partial charge in [0.2, 0.25) is 11.8 Å². The molecule has 8 nitrogen and oxygen atoms in total. The molecule has 2 saturated heterocycles. The minimum Gasteiger partial charge on any atom is -0.326 e. The summed E-state index contributed by atoms with van der Waals surface area (Å²) < 4.78 is 0.423. The number of rotatable bonds is 8. The van der Waals surface area contributed by atoms with Crippen LogP contribution in [0.25, 0.3) is 0 Å². The Morgan fingerprint density at radius 1 is 0.650 bits per heavy atom. The monoisotopic (exact) mass is 692 g/mol. The highest BCUT2D eigenvalue weighted by atomic mass is 35.5. The average molecular weight is 694 g/mol. The number of thiocarbonyl (C=S) groups is 2. The molecule has 0 spiro atoms. The van der Waals surface area contributed by atoms with Crippen molar-refractivity contribution in [2.45, 2.75) is 12.8 Å². The van der Waals surface area contributed by atoms with Crippen molar-refractivity contribution in [3.63, 3.8) is 0 Å². The SMILES string of the molecule is O=C(CCN1C(=O)/C(=C2\SC(=S)N(CCC(=O)Nc3cc(Cl)cc(Cl)c3)C2=O)SC1=S)Nc1cc(Cl)cc(Cl)c1. The molecular weight excluding hydrogens is 678 g/mol. The molecule has 16 heteroatoms. The Hall–Kier alpha value is -1.90. The standard InChI is InChI=1S/C24H16Cl4N4O4S4/c25-11-5-12(26)8-15(7-11)29-17(33)1-3-31-21(35)19(39-23(31)37)20-22(36)32(24(38)40-20)4-2-18(34)30-16-9-13(27)6-14(28)10-16/h5-10H,1-4H2,(H,29,33)(H,30,34)/b20-19+. The highest BCUT2D eigenvalue weighted by molar-refractivity contribution is 8.29. The van der Waals surface area contributed by atoms with Crippen LogP contribution in [0, 0.1) is 0 Å². The van der Waals surface area contributed by atoms with Crippen LogP contribution in [0.4, 0.5) is 11.4 Å². The van der Waals surface area contributed by atoms with E-state index in [1.807, 2.05) is 0 Å². The van der Waals surface area contributed by atoms with Crippen molar-refractivity contribution < 1.29 is 19.2 Å². The maximum atomic E-state index is 13.1. The maximum absolute atomic E-state index is 13.1. The van der Waals surface area contributed by atoms with Gasteiger partial charge in [0.15, 0.2) is 0 Å². The van der Waals surface area contributed by atoms with E-state index in [1.165, 1.54) is 21.9 Å². The topological polar surface area (TPSA) is 98.8 Å². The van der Waals surface area contributed by atoms with Crippen LogP contribution < -0.4 is 10.6 Å². The average Bonchev–Trinajstić information content (AvgIpc) is 3.28. The predicted octanol–water partition coefficient (Wildman–Crippen LogP) is 6.59. The largest absolute Gasteiger partial charge is 0.326 e. The molecule has 2 aromatic rings. The molecular formula is C24H16Cl4N4O4S4. The van der Waals surface area contributed by atoms with E-state index in [2.05, 4.69) is 10.6 Å². The van der Waals surface area contributed by atoms with E-state index in [1.54, 1.807) is 24.3 Å². The molecule has 2 aliphatic heterocycles. The second-order valence-corrected chi connectivity index (χ2v) is 13.3. The lowest BCUT2D eigenvalue weighted by Crippen LogP contribution is -2.33. The first-order valence-electron chi connectivity index (χ1n) is 11.2. The summed E-state index contributed by atoms with van der Waals surface area (Å²) in [5.41, 5.74) is 0.836. The van der Waals surface area contributed by atoms with Crippen LogP contribution in [0.15, 0.2) is 46.2 Å². The maximum Gasteiger partial charge on any atom is 0.267 e. The van der Waals surface area contributed by atoms with Gasteiger partial charge in [0, 0.05) is 57.4 Å². The summed E-state index contributed by atoms with van der Waals surface area (Å²) in [6.07, 6.45) is -0.116. The van der Waals surface area contributed by atoms with Gasteiger partial charge in [-0.25, -0.2) is 0 Å². The first kappa shape index (κ1) is 31.0. The van der Waals surface area contributed by atoms with Crippen LogP contribution in [-0.4, -0.2) is 55.2 Å². The van der Waals surface area contributed by atoms with E-state index < -0.39 is 11.8 Å². The van der Waals surface area contributed by atoms with Gasteiger partial charge in [-0.15, -0.1) is 0 Å². The molecule has 40 heavy (non-hydrogen) atoms. The minimum absolute atomic E-state index is 0.00227. The third-order valence-electron chi connectivity index (χ3n) is 5.32. The van der Waals surface area contributed by atoms with Crippen LogP contribution in [-0.2, 0) is 19.2 Å². The second kappa shape index (κ2) is 13.4. The molecule has 0 bridgehead atoms. The highest BCUT2D eigenvalue weighted by Crippen LogP contribution is 2.42. The Kier molecular flexibility index (Phi) is 10.4. The van der Waals surface area contributed by atoms with Gasteiger partial charge in [0.25, 0.3) is 11.8 Å². The van der Waals surface area contributed by atoms with Crippen LogP contribution in [0.2, 0.25) is 20.1 Å². The summed E-state index contributed by atoms with van der Waals surface area (Å²) >= 11 is 36.4. The quantitative estimate of drug-likeness (QED) is 0.236. The van der Waals surface area contributed by atoms with E-state index in [4.69, 9.17) is 70.8 Å². The fourth-order valence-electron chi connectivity index (χ4n) is 3.58. The second-order valence-electron chi connectivity index (χ2n) is 8.22. The third-order valence-corrected chi connectivity index (χ3v) is 9.22. The number of amides is 4. The minimum atomic E-state index is -0.496. The van der Waals surface area contributed by atoms with Crippen LogP contribution in [0.1, 0.15) is 12.8 Å². The van der Waals surface area contributed by atoms with Gasteiger partial charge < -0.3 is 10.6 Å². The molecule has 0 radical (unpaired) electrons. The Morgan fingerprint density at radius 3 is 1.30 bits per heavy atom. The van der Waals surface area contributed by atoms with E-state index in [-0.39, 0.29) is 56.2 Å². The Bertz CT molecular complexity index is 1350. The van der Waals surface area contributed by atoms with Crippen molar-refractivity contribution in [3.8, 4) is 0 Å². The zero-order valence-electron chi connectivity index (χ0n) is 20.0. The Morgan fingerprint density at radius 2 is 0.975 bits per heavy atom. The number of hydrogen-bond acceptors (Lipinski definition) is 8. The number of thioether (sulfide) groups is 2. The lowest BCUT2D eigenvalue weighted by molar-refractivity contribution is -0.125. The van der Waals surface area contributed by atoms with Crippen molar-refractivity contribution >= 4 is 138 Å². The summed E-state index contributed by atoms with van der Waals surface area (Å²) in [4.78, 5) is 53.9. The molecule has 2 fully saturated rings. The zero-order chi connectivity index (χ0) is 29.1. The third kappa shape index (κ3) is 7.68. The summed E-state index contributed by atoms with van der Waals surface area (Å²) in [5, 5.41) is 6.80. The first-order chi connectivity index (χ1) is 18.9. The van der Waals surface area contributed by atoms with Gasteiger partial charge in [-0.1, -0.05) is 94.4 Å². The lowest BCUT2D eigenvalue weighted by Gasteiger charge is -2.15. The van der Waals surface area contributed by atoms with E-state index in [0.717, 1.165) is 23.5 Å². The van der Waals surface area contributed by atoms with Crippen molar-refractivity contribution in [1.29, 1.82) is 0 Å². The van der Waals surface area contributed by atoms with Gasteiger partial charge in [-0.2, -0.15) is 0 Å². The number of nitrogens with zero attached hydrogens (tertiary/aromatic N) is 2. The smallest absolute Gasteiger partial charge is 0.267 e. The van der Waals surface area contributed by atoms with E-state index >= 15 is 0 Å². The first-order valence-corrected chi connectivity index (χ1v) is 15.2. The molecule has 4 rings (SSSR count). The molecule has 0 atom stereocenters. The summed E-state index contributed by atoms with van der Waals surface area (Å²) in [7, 11) is 0. The normalized spacial score (nSPS) is 17.2. The van der Waals surface area contributed by atoms with E-state index in [9.17, 15) is 19.2 Å². The van der Waals surface area contributed by atoms with Gasteiger partial charge in [-0.05, 0) is 36.4 Å². The molecule has 0 aromatic heterocycles. The van der Waals surface area contributed by atoms with Crippen LogP contribution >= 0.6 is 94.4 Å². The van der Waals surface area contributed by atoms with E-state index in [0.29, 0.717) is 31.5 Å². The van der Waals surface area contributed by atoms with Crippen molar-refractivity contribution in [2.75, 3.05) is 23.7 Å². The molecule has 0 aliphatic carbocycles. The highest BCUT2D eigenvalue weighted by Gasteiger charge is 2.42. The summed E-state index contributed by atoms with van der Waals surface area (Å²) in [6.45, 7) is 0.00454. The van der Waals surface area contributed by atoms with Gasteiger partial charge >= 0.3 is 0 Å². The summed E-state index contributed by atoms with van der Waals surface area (Å²) in [6, 6.07) is 9.25. The molecule has 0 saturated carbocycles. The van der Waals surface area contributed by atoms with Crippen molar-refractivity contribution in [3.05, 3.63) is 66.3 Å². The van der Waals surface area contributed by atoms with Crippen LogP contribution in [0.3, 0.4) is 0 Å².